The summed E-state index contributed by atoms with van der Waals surface area (Å²) in [5.74, 6) is -1.85. The van der Waals surface area contributed by atoms with Crippen molar-refractivity contribution in [3.05, 3.63) is 24.3 Å². The van der Waals surface area contributed by atoms with Gasteiger partial charge in [-0.25, -0.2) is 9.59 Å². The first kappa shape index (κ1) is 19.7. The van der Waals surface area contributed by atoms with E-state index in [-0.39, 0.29) is 0 Å². The Kier molecular flexibility index (Phi) is 10.2. The molecule has 1 aromatic carbocycles. The van der Waals surface area contributed by atoms with Crippen LogP contribution in [0.15, 0.2) is 24.3 Å². The second-order valence-electron chi connectivity index (χ2n) is 4.58. The minimum absolute atomic E-state index is 0.710. The molecular formula is C15H23NO6. The molecule has 0 heterocycles. The van der Waals surface area contributed by atoms with Gasteiger partial charge in [0.1, 0.15) is 18.1 Å². The molecule has 22 heavy (non-hydrogen) atoms. The highest BCUT2D eigenvalue weighted by atomic mass is 16.5. The molecule has 0 bridgehead atoms. The number of rotatable bonds is 7. The molecule has 0 amide bonds. The van der Waals surface area contributed by atoms with Crippen molar-refractivity contribution >= 4 is 11.9 Å². The molecular weight excluding hydrogens is 290 g/mol. The van der Waals surface area contributed by atoms with Gasteiger partial charge >= 0.3 is 11.9 Å². The second-order valence-corrected chi connectivity index (χ2v) is 4.58. The van der Waals surface area contributed by atoms with E-state index >= 15 is 0 Å². The molecule has 0 aliphatic carbocycles. The molecule has 0 spiro atoms. The third kappa shape index (κ3) is 10.5. The largest absolute Gasteiger partial charge is 0.494 e. The van der Waals surface area contributed by atoms with Crippen LogP contribution in [0.5, 0.6) is 11.5 Å². The molecule has 0 saturated heterocycles. The van der Waals surface area contributed by atoms with E-state index in [9.17, 15) is 0 Å². The summed E-state index contributed by atoms with van der Waals surface area (Å²) in [6, 6.07) is 7.78. The summed E-state index contributed by atoms with van der Waals surface area (Å²) in [5, 5.41) is 14.8. The Bertz CT molecular complexity index is 432. The molecule has 0 unspecified atom stereocenters. The minimum atomic E-state index is -1.82. The summed E-state index contributed by atoms with van der Waals surface area (Å²) in [6.45, 7) is 4.50. The summed E-state index contributed by atoms with van der Waals surface area (Å²) >= 11 is 0. The normalized spacial score (nSPS) is 9.64. The summed E-state index contributed by atoms with van der Waals surface area (Å²) in [7, 11) is 4.07. The summed E-state index contributed by atoms with van der Waals surface area (Å²) < 4.78 is 11.1. The van der Waals surface area contributed by atoms with Crippen LogP contribution in [0.1, 0.15) is 13.3 Å². The van der Waals surface area contributed by atoms with Crippen LogP contribution in [0.3, 0.4) is 0 Å². The SMILES string of the molecule is CCCOc1ccc(OCCN(C)C)cc1.O=C(O)C(=O)O. The zero-order chi connectivity index (χ0) is 17.0. The van der Waals surface area contributed by atoms with E-state index in [0.29, 0.717) is 6.61 Å². The van der Waals surface area contributed by atoms with Crippen molar-refractivity contribution < 1.29 is 29.3 Å². The number of likely N-dealkylation sites (N-methyl/N-ethyl adjacent to an activating group) is 1. The molecule has 7 nitrogen and oxygen atoms in total. The fourth-order valence-corrected chi connectivity index (χ4v) is 1.20. The van der Waals surface area contributed by atoms with E-state index < -0.39 is 11.9 Å². The van der Waals surface area contributed by atoms with Gasteiger partial charge in [-0.2, -0.15) is 0 Å². The molecule has 0 aliphatic rings. The smallest absolute Gasteiger partial charge is 0.414 e. The van der Waals surface area contributed by atoms with Crippen LogP contribution < -0.4 is 9.47 Å². The quantitative estimate of drug-likeness (QED) is 0.738. The first-order chi connectivity index (χ1) is 10.4. The van der Waals surface area contributed by atoms with Crippen LogP contribution in [-0.4, -0.2) is 60.9 Å². The van der Waals surface area contributed by atoms with E-state index in [1.807, 2.05) is 38.4 Å². The van der Waals surface area contributed by atoms with Gasteiger partial charge < -0.3 is 24.6 Å². The maximum absolute atomic E-state index is 9.10. The van der Waals surface area contributed by atoms with Gasteiger partial charge in [0.15, 0.2) is 0 Å². The number of carbonyl (C=O) groups is 2. The Balaban J connectivity index is 0.000000626. The van der Waals surface area contributed by atoms with Gasteiger partial charge in [-0.05, 0) is 44.8 Å². The Morgan fingerprint density at radius 2 is 1.36 bits per heavy atom. The Hall–Kier alpha value is -2.28. The lowest BCUT2D eigenvalue weighted by Gasteiger charge is -2.11. The summed E-state index contributed by atoms with van der Waals surface area (Å²) in [5.41, 5.74) is 0. The van der Waals surface area contributed by atoms with Crippen molar-refractivity contribution in [3.63, 3.8) is 0 Å². The molecule has 124 valence electrons. The topological polar surface area (TPSA) is 96.3 Å². The van der Waals surface area contributed by atoms with Gasteiger partial charge in [0.2, 0.25) is 0 Å². The number of carboxylic acids is 2. The van der Waals surface area contributed by atoms with Gasteiger partial charge in [-0.1, -0.05) is 6.92 Å². The standard InChI is InChI=1S/C13H21NO2.C2H2O4/c1-4-10-15-12-5-7-13(8-6-12)16-11-9-14(2)3;3-1(4)2(5)6/h5-8H,4,9-11H2,1-3H3;(H,3,4)(H,5,6). The maximum Gasteiger partial charge on any atom is 0.414 e. The first-order valence-electron chi connectivity index (χ1n) is 6.83. The molecule has 0 atom stereocenters. The van der Waals surface area contributed by atoms with Gasteiger partial charge in [0, 0.05) is 6.54 Å². The van der Waals surface area contributed by atoms with Crippen LogP contribution in [0, 0.1) is 0 Å². The number of benzene rings is 1. The minimum Gasteiger partial charge on any atom is -0.494 e. The highest BCUT2D eigenvalue weighted by Gasteiger charge is 2.04. The highest BCUT2D eigenvalue weighted by molar-refractivity contribution is 6.27. The average molecular weight is 313 g/mol. The fraction of sp³-hybridized carbons (Fsp3) is 0.467. The predicted molar refractivity (Wildman–Crippen MR) is 81.5 cm³/mol. The number of carboxylic acid groups (broad SMARTS) is 2. The van der Waals surface area contributed by atoms with Crippen molar-refractivity contribution in [1.29, 1.82) is 0 Å². The van der Waals surface area contributed by atoms with Gasteiger partial charge in [-0.3, -0.25) is 0 Å². The average Bonchev–Trinajstić information content (AvgIpc) is 2.46. The number of ether oxygens (including phenoxy) is 2. The lowest BCUT2D eigenvalue weighted by atomic mass is 10.3. The van der Waals surface area contributed by atoms with Gasteiger partial charge in [0.05, 0.1) is 6.61 Å². The van der Waals surface area contributed by atoms with Crippen LogP contribution in [-0.2, 0) is 9.59 Å². The second kappa shape index (κ2) is 11.4. The van der Waals surface area contributed by atoms with Crippen molar-refractivity contribution in [2.45, 2.75) is 13.3 Å². The molecule has 1 aromatic rings. The third-order valence-electron chi connectivity index (χ3n) is 2.29. The molecule has 2 N–H and O–H groups in total. The monoisotopic (exact) mass is 313 g/mol. The number of aliphatic carboxylic acids is 2. The fourth-order valence-electron chi connectivity index (χ4n) is 1.20. The van der Waals surface area contributed by atoms with Crippen LogP contribution >= 0.6 is 0 Å². The third-order valence-corrected chi connectivity index (χ3v) is 2.29. The highest BCUT2D eigenvalue weighted by Crippen LogP contribution is 2.17. The first-order valence-corrected chi connectivity index (χ1v) is 6.83. The van der Waals surface area contributed by atoms with Gasteiger partial charge in [0.25, 0.3) is 0 Å². The van der Waals surface area contributed by atoms with Crippen molar-refractivity contribution in [1.82, 2.24) is 4.90 Å². The van der Waals surface area contributed by atoms with Crippen LogP contribution in [0.4, 0.5) is 0 Å². The van der Waals surface area contributed by atoms with E-state index in [2.05, 4.69) is 11.8 Å². The summed E-state index contributed by atoms with van der Waals surface area (Å²) in [6.07, 6.45) is 1.03. The van der Waals surface area contributed by atoms with Crippen molar-refractivity contribution in [3.8, 4) is 11.5 Å². The van der Waals surface area contributed by atoms with Crippen LogP contribution in [0.25, 0.3) is 0 Å². The van der Waals surface area contributed by atoms with E-state index in [4.69, 9.17) is 29.3 Å². The molecule has 0 aliphatic heterocycles. The maximum atomic E-state index is 9.10. The molecule has 1 rings (SSSR count). The molecule has 7 heteroatoms. The number of nitrogens with zero attached hydrogens (tertiary/aromatic N) is 1. The molecule has 0 aromatic heterocycles. The molecule has 0 saturated carbocycles. The number of hydrogen-bond donors (Lipinski definition) is 2. The summed E-state index contributed by atoms with van der Waals surface area (Å²) in [4.78, 5) is 20.3. The van der Waals surface area contributed by atoms with Gasteiger partial charge in [-0.15, -0.1) is 0 Å². The Morgan fingerprint density at radius 3 is 1.68 bits per heavy atom. The zero-order valence-corrected chi connectivity index (χ0v) is 13.1. The van der Waals surface area contributed by atoms with E-state index in [1.165, 1.54) is 0 Å². The van der Waals surface area contributed by atoms with E-state index in [1.54, 1.807) is 0 Å². The van der Waals surface area contributed by atoms with E-state index in [0.717, 1.165) is 31.1 Å². The molecule has 0 radical (unpaired) electrons. The van der Waals surface area contributed by atoms with Crippen molar-refractivity contribution in [2.75, 3.05) is 33.9 Å². The number of hydrogen-bond acceptors (Lipinski definition) is 5. The predicted octanol–water partition coefficient (Wildman–Crippen LogP) is 1.57. The Labute approximate surface area is 130 Å². The van der Waals surface area contributed by atoms with Crippen molar-refractivity contribution in [2.24, 2.45) is 0 Å². The Morgan fingerprint density at radius 1 is 0.955 bits per heavy atom. The lowest BCUT2D eigenvalue weighted by Crippen LogP contribution is -2.19. The molecule has 0 fully saturated rings. The zero-order valence-electron chi connectivity index (χ0n) is 13.1. The lowest BCUT2D eigenvalue weighted by molar-refractivity contribution is -0.159. The van der Waals surface area contributed by atoms with Crippen LogP contribution in [0.2, 0.25) is 0 Å².